The summed E-state index contributed by atoms with van der Waals surface area (Å²) in [4.78, 5) is 14.5. The van der Waals surface area contributed by atoms with Crippen LogP contribution in [0, 0.1) is 5.92 Å². The second kappa shape index (κ2) is 4.19. The number of rotatable bonds is 4. The molecule has 14 heavy (non-hydrogen) atoms. The smallest absolute Gasteiger partial charge is 0.290 e. The normalized spacial score (nSPS) is 15.1. The van der Waals surface area contributed by atoms with E-state index in [0.717, 1.165) is 6.42 Å². The average molecular weight is 198 g/mol. The summed E-state index contributed by atoms with van der Waals surface area (Å²) < 4.78 is 4.82. The Morgan fingerprint density at radius 3 is 2.71 bits per heavy atom. The highest BCUT2D eigenvalue weighted by molar-refractivity contribution is 5.88. The van der Waals surface area contributed by atoms with Gasteiger partial charge in [-0.3, -0.25) is 4.79 Å². The maximum atomic E-state index is 10.7. The summed E-state index contributed by atoms with van der Waals surface area (Å²) in [5.41, 5.74) is 10.8. The molecule has 1 amide bonds. The fourth-order valence-electron chi connectivity index (χ4n) is 0.968. The first kappa shape index (κ1) is 10.6. The van der Waals surface area contributed by atoms with Crippen molar-refractivity contribution in [2.45, 2.75) is 26.3 Å². The van der Waals surface area contributed by atoms with E-state index in [-0.39, 0.29) is 23.7 Å². The van der Waals surface area contributed by atoms with Crippen molar-refractivity contribution >= 4 is 5.91 Å². The lowest BCUT2D eigenvalue weighted by atomic mass is 10.0. The molecule has 1 heterocycles. The minimum Gasteiger partial charge on any atom is -0.363 e. The molecule has 0 bridgehead atoms. The molecular weight excluding hydrogens is 184 g/mol. The molecule has 0 spiro atoms. The molecule has 0 fully saturated rings. The molecule has 0 aliphatic rings. The molecule has 0 aromatic carbocycles. The molecule has 0 aliphatic carbocycles. The Hall–Kier alpha value is -1.43. The average Bonchev–Trinajstić information content (AvgIpc) is 2.64. The van der Waals surface area contributed by atoms with Gasteiger partial charge in [-0.15, -0.1) is 0 Å². The Morgan fingerprint density at radius 2 is 2.29 bits per heavy atom. The molecule has 2 atom stereocenters. The van der Waals surface area contributed by atoms with E-state index in [1.165, 1.54) is 0 Å². The minimum atomic E-state index is -0.712. The van der Waals surface area contributed by atoms with Crippen molar-refractivity contribution in [3.8, 4) is 0 Å². The van der Waals surface area contributed by atoms with E-state index in [4.69, 9.17) is 16.0 Å². The van der Waals surface area contributed by atoms with E-state index in [1.54, 1.807) is 0 Å². The predicted molar refractivity (Wildman–Crippen MR) is 49.2 cm³/mol. The minimum absolute atomic E-state index is 0.126. The highest BCUT2D eigenvalue weighted by Crippen LogP contribution is 2.19. The Balaban J connectivity index is 2.81. The van der Waals surface area contributed by atoms with Gasteiger partial charge in [0.15, 0.2) is 0 Å². The van der Waals surface area contributed by atoms with Gasteiger partial charge in [-0.25, -0.2) is 0 Å². The summed E-state index contributed by atoms with van der Waals surface area (Å²) in [5, 5.41) is 3.41. The van der Waals surface area contributed by atoms with E-state index in [2.05, 4.69) is 10.1 Å². The van der Waals surface area contributed by atoms with Crippen LogP contribution in [0.2, 0.25) is 0 Å². The third-order valence-corrected chi connectivity index (χ3v) is 2.20. The first-order valence-corrected chi connectivity index (χ1v) is 4.45. The fraction of sp³-hybridized carbons (Fsp3) is 0.625. The van der Waals surface area contributed by atoms with E-state index in [9.17, 15) is 4.79 Å². The number of nitrogens with zero attached hydrogens (tertiary/aromatic N) is 2. The predicted octanol–water partition coefficient (Wildman–Crippen LogP) is 0.214. The van der Waals surface area contributed by atoms with Gasteiger partial charge in [0, 0.05) is 0 Å². The van der Waals surface area contributed by atoms with Crippen LogP contribution in [0.25, 0.3) is 0 Å². The maximum absolute atomic E-state index is 10.7. The molecule has 6 nitrogen and oxygen atoms in total. The maximum Gasteiger partial charge on any atom is 0.290 e. The second-order valence-corrected chi connectivity index (χ2v) is 3.23. The number of primary amides is 1. The topological polar surface area (TPSA) is 108 Å². The number of aromatic nitrogens is 2. The summed E-state index contributed by atoms with van der Waals surface area (Å²) in [5.74, 6) is -0.362. The zero-order valence-corrected chi connectivity index (χ0v) is 8.23. The quantitative estimate of drug-likeness (QED) is 0.719. The molecule has 0 saturated heterocycles. The van der Waals surface area contributed by atoms with Gasteiger partial charge < -0.3 is 16.0 Å². The molecule has 78 valence electrons. The molecule has 0 saturated carbocycles. The molecule has 2 unspecified atom stereocenters. The molecule has 0 aliphatic heterocycles. The molecule has 0 radical (unpaired) electrons. The zero-order chi connectivity index (χ0) is 10.7. The summed E-state index contributed by atoms with van der Waals surface area (Å²) >= 11 is 0. The summed E-state index contributed by atoms with van der Waals surface area (Å²) in [6.07, 6.45) is 0.898. The van der Waals surface area contributed by atoms with Crippen LogP contribution >= 0.6 is 0 Å². The fourth-order valence-corrected chi connectivity index (χ4v) is 0.968. The highest BCUT2D eigenvalue weighted by atomic mass is 16.5. The third kappa shape index (κ3) is 2.08. The highest BCUT2D eigenvalue weighted by Gasteiger charge is 2.21. The second-order valence-electron chi connectivity index (χ2n) is 3.23. The largest absolute Gasteiger partial charge is 0.363 e. The number of carbonyl (C=O) groups is 1. The van der Waals surface area contributed by atoms with Crippen LogP contribution in [0.4, 0.5) is 0 Å². The van der Waals surface area contributed by atoms with Crippen molar-refractivity contribution < 1.29 is 9.32 Å². The third-order valence-electron chi connectivity index (χ3n) is 2.20. The van der Waals surface area contributed by atoms with Gasteiger partial charge >= 0.3 is 0 Å². The van der Waals surface area contributed by atoms with Gasteiger partial charge in [-0.1, -0.05) is 25.4 Å². The van der Waals surface area contributed by atoms with E-state index >= 15 is 0 Å². The number of carbonyl (C=O) groups excluding carboxylic acids is 1. The standard InChI is InChI=1S/C8H14N4O2/c1-3-4(2)5(9)8-11-7(6(10)13)12-14-8/h4-5H,3,9H2,1-2H3,(H2,10,13). The van der Waals surface area contributed by atoms with E-state index in [1.807, 2.05) is 13.8 Å². The van der Waals surface area contributed by atoms with Crippen LogP contribution < -0.4 is 11.5 Å². The Morgan fingerprint density at radius 1 is 1.64 bits per heavy atom. The van der Waals surface area contributed by atoms with Crippen LogP contribution in [0.3, 0.4) is 0 Å². The van der Waals surface area contributed by atoms with E-state index in [0.29, 0.717) is 0 Å². The molecule has 6 heteroatoms. The Labute approximate surface area is 81.6 Å². The van der Waals surface area contributed by atoms with Crippen LogP contribution in [0.15, 0.2) is 4.52 Å². The number of hydrogen-bond donors (Lipinski definition) is 2. The van der Waals surface area contributed by atoms with Gasteiger partial charge in [0.25, 0.3) is 11.7 Å². The van der Waals surface area contributed by atoms with Crippen molar-refractivity contribution in [2.75, 3.05) is 0 Å². The Bertz CT molecular complexity index is 323. The van der Waals surface area contributed by atoms with Crippen LogP contribution in [-0.2, 0) is 0 Å². The summed E-state index contributed by atoms with van der Waals surface area (Å²) in [6.45, 7) is 3.98. The van der Waals surface area contributed by atoms with Gasteiger partial charge in [0.05, 0.1) is 6.04 Å². The number of amides is 1. The molecule has 1 rings (SSSR count). The van der Waals surface area contributed by atoms with Gasteiger partial charge in [-0.2, -0.15) is 4.98 Å². The lowest BCUT2D eigenvalue weighted by molar-refractivity contribution is 0.0987. The lowest BCUT2D eigenvalue weighted by Gasteiger charge is -2.12. The molecular formula is C8H14N4O2. The lowest BCUT2D eigenvalue weighted by Crippen LogP contribution is -2.19. The molecule has 1 aromatic rings. The first-order chi connectivity index (χ1) is 6.56. The van der Waals surface area contributed by atoms with Gasteiger partial charge in [0.2, 0.25) is 5.89 Å². The zero-order valence-electron chi connectivity index (χ0n) is 8.23. The summed E-state index contributed by atoms with van der Waals surface area (Å²) in [6, 6.07) is -0.347. The van der Waals surface area contributed by atoms with Crippen molar-refractivity contribution in [1.82, 2.24) is 10.1 Å². The first-order valence-electron chi connectivity index (χ1n) is 4.45. The van der Waals surface area contributed by atoms with E-state index < -0.39 is 5.91 Å². The number of nitrogens with two attached hydrogens (primary N) is 2. The van der Waals surface area contributed by atoms with Crippen LogP contribution in [0.5, 0.6) is 0 Å². The van der Waals surface area contributed by atoms with Gasteiger partial charge in [0.1, 0.15) is 0 Å². The monoisotopic (exact) mass is 198 g/mol. The van der Waals surface area contributed by atoms with Crippen molar-refractivity contribution in [3.05, 3.63) is 11.7 Å². The number of hydrogen-bond acceptors (Lipinski definition) is 5. The summed E-state index contributed by atoms with van der Waals surface area (Å²) in [7, 11) is 0. The van der Waals surface area contributed by atoms with Crippen LogP contribution in [-0.4, -0.2) is 16.0 Å². The SMILES string of the molecule is CCC(C)C(N)c1nc(C(N)=O)no1. The Kier molecular flexibility index (Phi) is 3.19. The van der Waals surface area contributed by atoms with Crippen molar-refractivity contribution in [1.29, 1.82) is 0 Å². The van der Waals surface area contributed by atoms with Crippen molar-refractivity contribution in [3.63, 3.8) is 0 Å². The molecule has 1 aromatic heterocycles. The van der Waals surface area contributed by atoms with Gasteiger partial charge in [-0.05, 0) is 5.92 Å². The molecule has 4 N–H and O–H groups in total. The van der Waals surface area contributed by atoms with Crippen LogP contribution in [0.1, 0.15) is 42.8 Å². The van der Waals surface area contributed by atoms with Crippen molar-refractivity contribution in [2.24, 2.45) is 17.4 Å².